The van der Waals surface area contributed by atoms with E-state index in [1.807, 2.05) is 69.3 Å². The number of carbonyl (C=O) groups is 2. The molecular weight excluding hydrogens is 452 g/mol. The Morgan fingerprint density at radius 1 is 1.06 bits per heavy atom. The smallest absolute Gasteiger partial charge is 0.338 e. The number of ether oxygens (including phenoxy) is 3. The molecular formula is C26H28N2O5S. The number of amides is 1. The van der Waals surface area contributed by atoms with Crippen molar-refractivity contribution in [1.82, 2.24) is 4.90 Å². The summed E-state index contributed by atoms with van der Waals surface area (Å²) in [6.07, 6.45) is 0. The molecule has 2 aromatic carbocycles. The van der Waals surface area contributed by atoms with Crippen LogP contribution in [0.4, 0.5) is 0 Å². The zero-order valence-electron chi connectivity index (χ0n) is 19.7. The van der Waals surface area contributed by atoms with Crippen molar-refractivity contribution < 1.29 is 23.8 Å². The lowest BCUT2D eigenvalue weighted by molar-refractivity contribution is -0.141. The molecule has 0 saturated carbocycles. The lowest BCUT2D eigenvalue weighted by Crippen LogP contribution is -2.40. The van der Waals surface area contributed by atoms with Crippen LogP contribution in [0.3, 0.4) is 0 Å². The topological polar surface area (TPSA) is 77.4 Å². The summed E-state index contributed by atoms with van der Waals surface area (Å²) < 4.78 is 17.2. The van der Waals surface area contributed by atoms with Crippen LogP contribution in [0.15, 0.2) is 64.8 Å². The Balaban J connectivity index is 1.74. The molecule has 2 aliphatic rings. The molecule has 0 spiro atoms. The van der Waals surface area contributed by atoms with Crippen molar-refractivity contribution in [1.29, 1.82) is 0 Å². The third kappa shape index (κ3) is 4.68. The van der Waals surface area contributed by atoms with Crippen molar-refractivity contribution in [3.8, 4) is 11.5 Å². The first-order chi connectivity index (χ1) is 16.4. The van der Waals surface area contributed by atoms with Crippen molar-refractivity contribution in [2.24, 2.45) is 4.99 Å². The van der Waals surface area contributed by atoms with Crippen LogP contribution in [0.25, 0.3) is 0 Å². The molecule has 34 heavy (non-hydrogen) atoms. The molecule has 8 heteroatoms. The Kier molecular flexibility index (Phi) is 7.26. The lowest BCUT2D eigenvalue weighted by atomic mass is 9.94. The fourth-order valence-corrected chi connectivity index (χ4v) is 5.05. The van der Waals surface area contributed by atoms with Gasteiger partial charge in [0.05, 0.1) is 35.8 Å². The molecule has 0 bridgehead atoms. The van der Waals surface area contributed by atoms with Crippen LogP contribution in [0.5, 0.6) is 11.5 Å². The second kappa shape index (κ2) is 10.3. The van der Waals surface area contributed by atoms with Crippen molar-refractivity contribution in [3.63, 3.8) is 0 Å². The molecule has 2 atom stereocenters. The van der Waals surface area contributed by atoms with Crippen LogP contribution >= 0.6 is 11.8 Å². The van der Waals surface area contributed by atoms with E-state index in [4.69, 9.17) is 14.2 Å². The van der Waals surface area contributed by atoms with E-state index in [-0.39, 0.29) is 17.8 Å². The number of allylic oxidation sites excluding steroid dienone is 1. The van der Waals surface area contributed by atoms with E-state index >= 15 is 0 Å². The maximum absolute atomic E-state index is 13.4. The SMILES string of the molecule is CCOc1ccc([C@H]2C(C(=O)OCc3ccccc3)=C(C)N=C3S[C@H](C)C(=O)N32)cc1OCC. The van der Waals surface area contributed by atoms with E-state index in [0.29, 0.717) is 41.2 Å². The minimum atomic E-state index is -0.671. The minimum absolute atomic E-state index is 0.0959. The van der Waals surface area contributed by atoms with Gasteiger partial charge in [-0.2, -0.15) is 0 Å². The first-order valence-electron chi connectivity index (χ1n) is 11.3. The van der Waals surface area contributed by atoms with Gasteiger partial charge in [-0.1, -0.05) is 48.2 Å². The first kappa shape index (κ1) is 23.9. The van der Waals surface area contributed by atoms with Crippen LogP contribution < -0.4 is 9.47 Å². The van der Waals surface area contributed by atoms with Crippen LogP contribution in [0, 0.1) is 0 Å². The van der Waals surface area contributed by atoms with Crippen LogP contribution in [0.2, 0.25) is 0 Å². The van der Waals surface area contributed by atoms with E-state index in [9.17, 15) is 9.59 Å². The van der Waals surface area contributed by atoms with Crippen LogP contribution in [-0.4, -0.2) is 40.4 Å². The predicted molar refractivity (Wildman–Crippen MR) is 132 cm³/mol. The molecule has 4 rings (SSSR count). The zero-order chi connectivity index (χ0) is 24.2. The zero-order valence-corrected chi connectivity index (χ0v) is 20.6. The summed E-state index contributed by atoms with van der Waals surface area (Å²) in [6.45, 7) is 8.51. The molecule has 0 aromatic heterocycles. The van der Waals surface area contributed by atoms with Gasteiger partial charge < -0.3 is 14.2 Å². The summed E-state index contributed by atoms with van der Waals surface area (Å²) in [5.74, 6) is 0.579. The molecule has 2 heterocycles. The molecule has 0 unspecified atom stereocenters. The molecule has 7 nitrogen and oxygen atoms in total. The van der Waals surface area contributed by atoms with Gasteiger partial charge in [0.15, 0.2) is 16.7 Å². The second-order valence-corrected chi connectivity index (χ2v) is 9.21. The van der Waals surface area contributed by atoms with E-state index in [1.54, 1.807) is 11.8 Å². The summed E-state index contributed by atoms with van der Waals surface area (Å²) in [7, 11) is 0. The summed E-state index contributed by atoms with van der Waals surface area (Å²) in [4.78, 5) is 32.7. The molecule has 1 fully saturated rings. The third-order valence-corrected chi connectivity index (χ3v) is 6.63. The number of nitrogens with zero attached hydrogens (tertiary/aromatic N) is 2. The number of fused-ring (bicyclic) bond motifs is 1. The summed E-state index contributed by atoms with van der Waals surface area (Å²) in [5.41, 5.74) is 2.49. The maximum Gasteiger partial charge on any atom is 0.338 e. The highest BCUT2D eigenvalue weighted by Crippen LogP contribution is 2.45. The third-order valence-electron chi connectivity index (χ3n) is 5.57. The van der Waals surface area contributed by atoms with Gasteiger partial charge in [-0.15, -0.1) is 0 Å². The van der Waals surface area contributed by atoms with Gasteiger partial charge in [0.25, 0.3) is 0 Å². The average Bonchev–Trinajstić information content (AvgIpc) is 3.11. The van der Waals surface area contributed by atoms with Gasteiger partial charge in [-0.05, 0) is 51.0 Å². The van der Waals surface area contributed by atoms with E-state index < -0.39 is 12.0 Å². The first-order valence-corrected chi connectivity index (χ1v) is 12.2. The lowest BCUT2D eigenvalue weighted by Gasteiger charge is -2.33. The number of hydrogen-bond acceptors (Lipinski definition) is 7. The van der Waals surface area contributed by atoms with Gasteiger partial charge in [0, 0.05) is 0 Å². The average molecular weight is 481 g/mol. The van der Waals surface area contributed by atoms with Crippen molar-refractivity contribution in [2.45, 2.75) is 45.6 Å². The molecule has 0 N–H and O–H groups in total. The number of esters is 1. The highest BCUT2D eigenvalue weighted by molar-refractivity contribution is 8.15. The van der Waals surface area contributed by atoms with Crippen molar-refractivity contribution in [3.05, 3.63) is 70.9 Å². The standard InChI is InChI=1S/C26H28N2O5S/c1-5-31-20-13-12-19(14-21(20)32-6-2)23-22(25(30)33-15-18-10-8-7-9-11-18)16(3)27-26-28(23)24(29)17(4)34-26/h7-14,17,23H,5-6,15H2,1-4H3/t17-,23+/m1/s1. The Bertz CT molecular complexity index is 1150. The quantitative estimate of drug-likeness (QED) is 0.502. The molecule has 2 aromatic rings. The fourth-order valence-electron chi connectivity index (χ4n) is 4.02. The van der Waals surface area contributed by atoms with Gasteiger partial charge in [0.2, 0.25) is 5.91 Å². The largest absolute Gasteiger partial charge is 0.490 e. The van der Waals surface area contributed by atoms with E-state index in [2.05, 4.69) is 4.99 Å². The fraction of sp³-hybridized carbons (Fsp3) is 0.346. The second-order valence-electron chi connectivity index (χ2n) is 7.90. The van der Waals surface area contributed by atoms with E-state index in [0.717, 1.165) is 11.1 Å². The Labute approximate surface area is 203 Å². The number of hydrogen-bond donors (Lipinski definition) is 0. The van der Waals surface area contributed by atoms with Gasteiger partial charge in [-0.3, -0.25) is 9.69 Å². The number of benzene rings is 2. The molecule has 1 amide bonds. The monoisotopic (exact) mass is 480 g/mol. The normalized spacial score (nSPS) is 19.6. The molecule has 1 saturated heterocycles. The Morgan fingerprint density at radius 3 is 2.47 bits per heavy atom. The van der Waals surface area contributed by atoms with Gasteiger partial charge in [-0.25, -0.2) is 9.79 Å². The molecule has 0 aliphatic carbocycles. The van der Waals surface area contributed by atoms with Crippen LogP contribution in [-0.2, 0) is 20.9 Å². The highest BCUT2D eigenvalue weighted by atomic mass is 32.2. The van der Waals surface area contributed by atoms with E-state index in [1.165, 1.54) is 11.8 Å². The van der Waals surface area contributed by atoms with Crippen LogP contribution in [0.1, 0.15) is 44.9 Å². The number of amidine groups is 1. The molecule has 178 valence electrons. The minimum Gasteiger partial charge on any atom is -0.490 e. The Morgan fingerprint density at radius 2 is 1.76 bits per heavy atom. The number of aliphatic imine (C=N–C) groups is 1. The number of rotatable bonds is 8. The summed E-state index contributed by atoms with van der Waals surface area (Å²) in [5, 5.41) is 0.300. The Hall–Kier alpha value is -3.26. The summed E-state index contributed by atoms with van der Waals surface area (Å²) in [6, 6.07) is 14.3. The van der Waals surface area contributed by atoms with Crippen molar-refractivity contribution >= 4 is 28.8 Å². The van der Waals surface area contributed by atoms with Crippen molar-refractivity contribution in [2.75, 3.05) is 13.2 Å². The molecule has 2 aliphatic heterocycles. The number of carbonyl (C=O) groups excluding carboxylic acids is 2. The van der Waals surface area contributed by atoms with Gasteiger partial charge >= 0.3 is 5.97 Å². The van der Waals surface area contributed by atoms with Gasteiger partial charge in [0.1, 0.15) is 6.61 Å². The highest BCUT2D eigenvalue weighted by Gasteiger charge is 2.46. The summed E-state index contributed by atoms with van der Waals surface area (Å²) >= 11 is 1.39. The predicted octanol–water partition coefficient (Wildman–Crippen LogP) is 4.88. The molecule has 0 radical (unpaired) electrons. The number of thioether (sulfide) groups is 1. The maximum atomic E-state index is 13.4.